The molecule has 0 saturated carbocycles. The SMILES string of the molecule is CC/C=C/C/C=C/C/C=C/C/C=C/C/C=C/CCCCCC(=O)OC[C@@H](CO[C@@H]1O[C@H](CO[C@@H]2O[C@H](CO)[C@H](O)C(O)C2O)[C@H](O)C(O)C1O)OC(=O)CCCCCCCCC/C=C/CCCCCC. The second-order valence-corrected chi connectivity index (χ2v) is 18.3. The van der Waals surface area contributed by atoms with Crippen molar-refractivity contribution in [1.82, 2.24) is 0 Å². The topological polar surface area (TPSA) is 231 Å². The molecule has 2 aliphatic rings. The largest absolute Gasteiger partial charge is 0.462 e. The number of ether oxygens (including phenoxy) is 6. The Morgan fingerprint density at radius 2 is 0.900 bits per heavy atom. The molecule has 0 aliphatic carbocycles. The van der Waals surface area contributed by atoms with Crippen LogP contribution >= 0.6 is 0 Å². The van der Waals surface area contributed by atoms with E-state index in [0.717, 1.165) is 89.9 Å². The first-order valence-corrected chi connectivity index (χ1v) is 26.5. The molecule has 2 fully saturated rings. The number of carbonyl (C=O) groups excluding carboxylic acids is 2. The summed E-state index contributed by atoms with van der Waals surface area (Å²) in [6.07, 6.45) is 32.1. The molecule has 402 valence electrons. The summed E-state index contributed by atoms with van der Waals surface area (Å²) in [5, 5.41) is 72.1. The standard InChI is InChI=1S/C55H92O15/c1-3-5-7-9-11-13-15-17-19-20-21-22-24-25-27-29-31-33-35-37-46(57)65-40-43(68-47(58)38-36-34-32-30-28-26-23-18-16-14-12-10-8-6-4-2)41-66-54-53(64)51(62)49(60)45(70-54)42-67-55-52(63)50(61)48(59)44(39-56)69-55/h5,7,11,13-14,16-17,19,21-22,25,27,43-45,48-56,59-64H,3-4,6,8-10,12,15,18,20,23-24,26,28-42H2,1-2H3/b7-5+,13-11+,16-14+,19-17+,22-21+,27-25+/t43-,44+,45+,48-,49-,50?,51?,52?,53?,54+,55+/m0/s1. The summed E-state index contributed by atoms with van der Waals surface area (Å²) in [4.78, 5) is 25.8. The highest BCUT2D eigenvalue weighted by atomic mass is 16.7. The molecule has 2 aliphatic heterocycles. The van der Waals surface area contributed by atoms with Crippen LogP contribution in [0, 0.1) is 0 Å². The molecule has 0 amide bonds. The van der Waals surface area contributed by atoms with Crippen LogP contribution in [-0.2, 0) is 38.0 Å². The molecule has 0 aromatic heterocycles. The Balaban J connectivity index is 1.81. The van der Waals surface area contributed by atoms with Crippen molar-refractivity contribution in [1.29, 1.82) is 0 Å². The lowest BCUT2D eigenvalue weighted by Gasteiger charge is -2.42. The molecule has 2 saturated heterocycles. The Bertz CT molecular complexity index is 1490. The van der Waals surface area contributed by atoms with Crippen molar-refractivity contribution < 1.29 is 73.8 Å². The summed E-state index contributed by atoms with van der Waals surface area (Å²) >= 11 is 0. The summed E-state index contributed by atoms with van der Waals surface area (Å²) in [5.74, 6) is -0.972. The van der Waals surface area contributed by atoms with Crippen LogP contribution in [-0.4, -0.2) is 142 Å². The molecule has 2 rings (SSSR count). The fraction of sp³-hybridized carbons (Fsp3) is 0.745. The first kappa shape index (κ1) is 63.1. The minimum atomic E-state index is -1.77. The quantitative estimate of drug-likeness (QED) is 0.0176. The van der Waals surface area contributed by atoms with Crippen molar-refractivity contribution in [3.8, 4) is 0 Å². The van der Waals surface area contributed by atoms with Gasteiger partial charge in [-0.3, -0.25) is 9.59 Å². The predicted molar refractivity (Wildman–Crippen MR) is 270 cm³/mol. The van der Waals surface area contributed by atoms with E-state index in [0.29, 0.717) is 12.8 Å². The minimum Gasteiger partial charge on any atom is -0.462 e. The smallest absolute Gasteiger partial charge is 0.306 e. The highest BCUT2D eigenvalue weighted by Gasteiger charge is 2.47. The summed E-state index contributed by atoms with van der Waals surface area (Å²) in [6.45, 7) is 2.41. The second kappa shape index (κ2) is 41.4. The zero-order valence-corrected chi connectivity index (χ0v) is 42.5. The molecule has 15 heteroatoms. The van der Waals surface area contributed by atoms with Crippen LogP contribution in [0.1, 0.15) is 168 Å². The lowest BCUT2D eigenvalue weighted by molar-refractivity contribution is -0.332. The number of aliphatic hydroxyl groups is 7. The summed E-state index contributed by atoms with van der Waals surface area (Å²) in [7, 11) is 0. The monoisotopic (exact) mass is 993 g/mol. The third kappa shape index (κ3) is 28.8. The molecule has 0 spiro atoms. The lowest BCUT2D eigenvalue weighted by atomic mass is 9.98. The number of hydrogen-bond acceptors (Lipinski definition) is 15. The third-order valence-electron chi connectivity index (χ3n) is 12.2. The van der Waals surface area contributed by atoms with Crippen molar-refractivity contribution in [2.24, 2.45) is 0 Å². The average Bonchev–Trinajstić information content (AvgIpc) is 3.35. The van der Waals surface area contributed by atoms with E-state index in [1.54, 1.807) is 0 Å². The molecule has 2 heterocycles. The molecule has 7 N–H and O–H groups in total. The van der Waals surface area contributed by atoms with Gasteiger partial charge in [0.2, 0.25) is 0 Å². The fourth-order valence-corrected chi connectivity index (χ4v) is 7.82. The van der Waals surface area contributed by atoms with Gasteiger partial charge in [-0.25, -0.2) is 0 Å². The van der Waals surface area contributed by atoms with E-state index in [9.17, 15) is 45.3 Å². The number of unbranched alkanes of at least 4 members (excludes halogenated alkanes) is 14. The molecule has 70 heavy (non-hydrogen) atoms. The maximum atomic E-state index is 13.0. The number of hydrogen-bond donors (Lipinski definition) is 7. The number of aliphatic hydroxyl groups excluding tert-OH is 7. The van der Waals surface area contributed by atoms with Crippen LogP contribution in [0.3, 0.4) is 0 Å². The van der Waals surface area contributed by atoms with Gasteiger partial charge < -0.3 is 64.2 Å². The predicted octanol–water partition coefficient (Wildman–Crippen LogP) is 7.82. The maximum absolute atomic E-state index is 13.0. The molecule has 15 nitrogen and oxygen atoms in total. The highest BCUT2D eigenvalue weighted by Crippen LogP contribution is 2.26. The molecule has 0 bridgehead atoms. The van der Waals surface area contributed by atoms with Crippen LogP contribution < -0.4 is 0 Å². The van der Waals surface area contributed by atoms with E-state index >= 15 is 0 Å². The normalized spacial score (nSPS) is 26.0. The molecule has 4 unspecified atom stereocenters. The van der Waals surface area contributed by atoms with Crippen molar-refractivity contribution in [2.45, 2.75) is 235 Å². The Morgan fingerprint density at radius 1 is 0.471 bits per heavy atom. The molecule has 0 radical (unpaired) electrons. The number of esters is 2. The molecule has 0 aromatic carbocycles. The number of carbonyl (C=O) groups is 2. The Labute approximate surface area is 419 Å². The van der Waals surface area contributed by atoms with E-state index in [1.807, 2.05) is 0 Å². The Hall–Kier alpha value is -3.06. The van der Waals surface area contributed by atoms with Gasteiger partial charge in [-0.15, -0.1) is 0 Å². The minimum absolute atomic E-state index is 0.149. The van der Waals surface area contributed by atoms with Crippen LogP contribution in [0.25, 0.3) is 0 Å². The van der Waals surface area contributed by atoms with Crippen LogP contribution in [0.4, 0.5) is 0 Å². The Kier molecular flexibility index (Phi) is 37.3. The lowest BCUT2D eigenvalue weighted by Crippen LogP contribution is -2.61. The van der Waals surface area contributed by atoms with Crippen LogP contribution in [0.5, 0.6) is 0 Å². The van der Waals surface area contributed by atoms with Crippen molar-refractivity contribution in [3.05, 3.63) is 72.9 Å². The van der Waals surface area contributed by atoms with Crippen molar-refractivity contribution in [2.75, 3.05) is 26.4 Å². The van der Waals surface area contributed by atoms with Gasteiger partial charge in [0.05, 0.1) is 19.8 Å². The summed E-state index contributed by atoms with van der Waals surface area (Å²) < 4.78 is 33.6. The van der Waals surface area contributed by atoms with E-state index in [-0.39, 0.29) is 19.4 Å². The number of allylic oxidation sites excluding steroid dienone is 12. The van der Waals surface area contributed by atoms with Gasteiger partial charge in [0, 0.05) is 12.8 Å². The number of rotatable bonds is 40. The summed E-state index contributed by atoms with van der Waals surface area (Å²) in [5.41, 5.74) is 0. The van der Waals surface area contributed by atoms with E-state index in [2.05, 4.69) is 86.8 Å². The van der Waals surface area contributed by atoms with Gasteiger partial charge >= 0.3 is 11.9 Å². The van der Waals surface area contributed by atoms with E-state index < -0.39 is 99.3 Å². The molecule has 11 atom stereocenters. The second-order valence-electron chi connectivity index (χ2n) is 18.3. The van der Waals surface area contributed by atoms with Crippen molar-refractivity contribution >= 4 is 11.9 Å². The van der Waals surface area contributed by atoms with Crippen LogP contribution in [0.2, 0.25) is 0 Å². The first-order chi connectivity index (χ1) is 34.0. The highest BCUT2D eigenvalue weighted by molar-refractivity contribution is 5.70. The molecule has 0 aromatic rings. The van der Waals surface area contributed by atoms with Crippen molar-refractivity contribution in [3.63, 3.8) is 0 Å². The fourth-order valence-electron chi connectivity index (χ4n) is 7.82. The summed E-state index contributed by atoms with van der Waals surface area (Å²) in [6, 6.07) is 0. The van der Waals surface area contributed by atoms with Gasteiger partial charge in [0.15, 0.2) is 18.7 Å². The first-order valence-electron chi connectivity index (χ1n) is 26.5. The van der Waals surface area contributed by atoms with Gasteiger partial charge in [-0.2, -0.15) is 0 Å². The molecular weight excluding hydrogens is 901 g/mol. The van der Waals surface area contributed by atoms with E-state index in [1.165, 1.54) is 38.5 Å². The van der Waals surface area contributed by atoms with Gasteiger partial charge in [0.1, 0.15) is 55.4 Å². The Morgan fingerprint density at radius 3 is 1.44 bits per heavy atom. The van der Waals surface area contributed by atoms with Crippen LogP contribution in [0.15, 0.2) is 72.9 Å². The van der Waals surface area contributed by atoms with E-state index in [4.69, 9.17) is 28.4 Å². The molecular formula is C55H92O15. The zero-order valence-electron chi connectivity index (χ0n) is 42.5. The average molecular weight is 993 g/mol. The van der Waals surface area contributed by atoms with Gasteiger partial charge in [-0.05, 0) is 83.5 Å². The third-order valence-corrected chi connectivity index (χ3v) is 12.2. The van der Waals surface area contributed by atoms with Gasteiger partial charge in [-0.1, -0.05) is 145 Å². The zero-order chi connectivity index (χ0) is 51.0. The van der Waals surface area contributed by atoms with Gasteiger partial charge in [0.25, 0.3) is 0 Å². The maximum Gasteiger partial charge on any atom is 0.306 e.